The third-order valence-electron chi connectivity index (χ3n) is 6.45. The van der Waals surface area contributed by atoms with Crippen molar-refractivity contribution in [1.29, 1.82) is 0 Å². The summed E-state index contributed by atoms with van der Waals surface area (Å²) in [5.74, 6) is 0.859. The van der Waals surface area contributed by atoms with E-state index in [2.05, 4.69) is 32.3 Å². The van der Waals surface area contributed by atoms with Crippen LogP contribution in [0.4, 0.5) is 0 Å². The summed E-state index contributed by atoms with van der Waals surface area (Å²) in [6, 6.07) is 18.1. The minimum absolute atomic E-state index is 0.120. The Morgan fingerprint density at radius 3 is 2.79 bits per heavy atom. The molecule has 174 valence electrons. The smallest absolute Gasteiger partial charge is 0.269 e. The molecule has 0 aliphatic heterocycles. The highest BCUT2D eigenvalue weighted by Gasteiger charge is 2.27. The van der Waals surface area contributed by atoms with E-state index in [9.17, 15) is 4.79 Å². The second kappa shape index (κ2) is 10.6. The van der Waals surface area contributed by atoms with Crippen LogP contribution >= 0.6 is 0 Å². The van der Waals surface area contributed by atoms with Crippen LogP contribution < -0.4 is 5.32 Å². The van der Waals surface area contributed by atoms with Crippen molar-refractivity contribution in [2.75, 3.05) is 13.1 Å². The van der Waals surface area contributed by atoms with Crippen LogP contribution in [-0.2, 0) is 13.0 Å². The average molecular weight is 455 g/mol. The lowest BCUT2D eigenvalue weighted by Crippen LogP contribution is -2.33. The van der Waals surface area contributed by atoms with Crippen molar-refractivity contribution in [1.82, 2.24) is 30.2 Å². The average Bonchev–Trinajstić information content (AvgIpc) is 3.30. The number of unbranched alkanes of at least 4 members (excludes halogenated alkanes) is 1. The molecule has 3 aromatic heterocycles. The standard InChI is InChI=1S/C27H30N6O/c34-27(23-13-3-4-15-28-23)30-16-5-6-18-33(19-25-31-21-11-1-2-12-22(21)32-25)24-14-7-9-20-10-8-17-29-26(20)24/h1-4,8,10-13,15,17,24H,5-7,9,14,16,18-19H2,(H,30,34)(H,31,32). The summed E-state index contributed by atoms with van der Waals surface area (Å²) in [4.78, 5) is 31.9. The summed E-state index contributed by atoms with van der Waals surface area (Å²) in [5, 5.41) is 2.98. The lowest BCUT2D eigenvalue weighted by Gasteiger charge is -2.34. The third kappa shape index (κ3) is 5.15. The molecule has 1 aliphatic rings. The number of aryl methyl sites for hydroxylation is 1. The lowest BCUT2D eigenvalue weighted by molar-refractivity contribution is 0.0946. The Labute approximate surface area is 199 Å². The van der Waals surface area contributed by atoms with Gasteiger partial charge in [-0.1, -0.05) is 24.3 Å². The van der Waals surface area contributed by atoms with Crippen LogP contribution in [0, 0.1) is 0 Å². The molecule has 1 amide bonds. The quantitative estimate of drug-likeness (QED) is 0.365. The summed E-state index contributed by atoms with van der Waals surface area (Å²) >= 11 is 0. The van der Waals surface area contributed by atoms with Crippen molar-refractivity contribution < 1.29 is 4.79 Å². The minimum Gasteiger partial charge on any atom is -0.351 e. The van der Waals surface area contributed by atoms with E-state index in [0.29, 0.717) is 12.2 Å². The fourth-order valence-corrected chi connectivity index (χ4v) is 4.79. The SMILES string of the molecule is O=C(NCCCCN(Cc1nc2ccccc2[nH]1)C1CCCc2cccnc21)c1ccccn1. The molecule has 0 bridgehead atoms. The van der Waals surface area contributed by atoms with Crippen molar-refractivity contribution in [3.05, 3.63) is 89.8 Å². The second-order valence-electron chi connectivity index (χ2n) is 8.80. The number of pyridine rings is 2. The normalized spacial score (nSPS) is 15.4. The van der Waals surface area contributed by atoms with Crippen molar-refractivity contribution in [2.24, 2.45) is 0 Å². The monoisotopic (exact) mass is 454 g/mol. The predicted molar refractivity (Wildman–Crippen MR) is 132 cm³/mol. The van der Waals surface area contributed by atoms with Gasteiger partial charge in [0.1, 0.15) is 11.5 Å². The molecular formula is C27H30N6O. The zero-order valence-corrected chi connectivity index (χ0v) is 19.3. The van der Waals surface area contributed by atoms with Gasteiger partial charge in [0, 0.05) is 18.9 Å². The first-order chi connectivity index (χ1) is 16.8. The summed E-state index contributed by atoms with van der Waals surface area (Å²) in [5.41, 5.74) is 5.08. The molecule has 0 saturated carbocycles. The maximum absolute atomic E-state index is 12.2. The van der Waals surface area contributed by atoms with Gasteiger partial charge in [0.05, 0.1) is 29.3 Å². The number of fused-ring (bicyclic) bond motifs is 2. The number of aromatic nitrogens is 4. The Hall–Kier alpha value is -3.58. The molecule has 7 heteroatoms. The number of nitrogens with zero attached hydrogens (tertiary/aromatic N) is 4. The first-order valence-corrected chi connectivity index (χ1v) is 12.1. The maximum atomic E-state index is 12.2. The molecular weight excluding hydrogens is 424 g/mol. The molecule has 7 nitrogen and oxygen atoms in total. The van der Waals surface area contributed by atoms with Crippen LogP contribution in [-0.4, -0.2) is 43.8 Å². The van der Waals surface area contributed by atoms with Gasteiger partial charge in [0.15, 0.2) is 0 Å². The fraction of sp³-hybridized carbons (Fsp3) is 0.333. The molecule has 3 heterocycles. The van der Waals surface area contributed by atoms with Gasteiger partial charge in [-0.2, -0.15) is 0 Å². The molecule has 0 fully saturated rings. The van der Waals surface area contributed by atoms with E-state index in [0.717, 1.165) is 55.6 Å². The number of carbonyl (C=O) groups is 1. The third-order valence-corrected chi connectivity index (χ3v) is 6.45. The van der Waals surface area contributed by atoms with Gasteiger partial charge in [-0.3, -0.25) is 19.7 Å². The van der Waals surface area contributed by atoms with Crippen molar-refractivity contribution in [3.63, 3.8) is 0 Å². The number of imidazole rings is 1. The number of aromatic amines is 1. The molecule has 0 spiro atoms. The predicted octanol–water partition coefficient (Wildman–Crippen LogP) is 4.44. The zero-order chi connectivity index (χ0) is 23.2. The summed E-state index contributed by atoms with van der Waals surface area (Å²) in [6.45, 7) is 2.29. The van der Waals surface area contributed by atoms with E-state index >= 15 is 0 Å². The van der Waals surface area contributed by atoms with Crippen molar-refractivity contribution in [2.45, 2.75) is 44.7 Å². The van der Waals surface area contributed by atoms with Gasteiger partial charge in [0.25, 0.3) is 5.91 Å². The van der Waals surface area contributed by atoms with Gasteiger partial charge in [-0.15, -0.1) is 0 Å². The number of H-pyrrole nitrogens is 1. The van der Waals surface area contributed by atoms with E-state index in [1.54, 1.807) is 12.3 Å². The highest BCUT2D eigenvalue weighted by molar-refractivity contribution is 5.92. The highest BCUT2D eigenvalue weighted by atomic mass is 16.1. The summed E-state index contributed by atoms with van der Waals surface area (Å²) < 4.78 is 0. The molecule has 1 aromatic carbocycles. The number of hydrogen-bond acceptors (Lipinski definition) is 5. The van der Waals surface area contributed by atoms with Gasteiger partial charge in [-0.25, -0.2) is 4.98 Å². The van der Waals surface area contributed by atoms with Crippen LogP contribution in [0.25, 0.3) is 11.0 Å². The second-order valence-corrected chi connectivity index (χ2v) is 8.80. The lowest BCUT2D eigenvalue weighted by atomic mass is 9.90. The number of benzene rings is 1. The molecule has 1 aliphatic carbocycles. The Bertz CT molecular complexity index is 1210. The van der Waals surface area contributed by atoms with E-state index in [4.69, 9.17) is 9.97 Å². The van der Waals surface area contributed by atoms with Crippen LogP contribution in [0.2, 0.25) is 0 Å². The van der Waals surface area contributed by atoms with Crippen LogP contribution in [0.15, 0.2) is 67.0 Å². The fourth-order valence-electron chi connectivity index (χ4n) is 4.79. The topological polar surface area (TPSA) is 86.8 Å². The van der Waals surface area contributed by atoms with E-state index in [-0.39, 0.29) is 11.9 Å². The van der Waals surface area contributed by atoms with E-state index < -0.39 is 0 Å². The number of rotatable bonds is 9. The molecule has 4 aromatic rings. The molecule has 34 heavy (non-hydrogen) atoms. The molecule has 1 unspecified atom stereocenters. The van der Waals surface area contributed by atoms with Gasteiger partial charge >= 0.3 is 0 Å². The van der Waals surface area contributed by atoms with Crippen LogP contribution in [0.1, 0.15) is 59.3 Å². The zero-order valence-electron chi connectivity index (χ0n) is 19.3. The maximum Gasteiger partial charge on any atom is 0.269 e. The number of amides is 1. The largest absolute Gasteiger partial charge is 0.351 e. The number of hydrogen-bond donors (Lipinski definition) is 2. The molecule has 2 N–H and O–H groups in total. The van der Waals surface area contributed by atoms with E-state index in [1.807, 2.05) is 42.6 Å². The number of para-hydroxylation sites is 2. The first-order valence-electron chi connectivity index (χ1n) is 12.1. The Kier molecular flexibility index (Phi) is 6.91. The Morgan fingerprint density at radius 2 is 1.91 bits per heavy atom. The molecule has 5 rings (SSSR count). The number of nitrogens with one attached hydrogen (secondary N) is 2. The first kappa shape index (κ1) is 22.2. The van der Waals surface area contributed by atoms with Gasteiger partial charge in [0.2, 0.25) is 0 Å². The molecule has 0 saturated heterocycles. The van der Waals surface area contributed by atoms with Crippen molar-refractivity contribution >= 4 is 16.9 Å². The highest BCUT2D eigenvalue weighted by Crippen LogP contribution is 2.33. The van der Waals surface area contributed by atoms with Crippen LogP contribution in [0.5, 0.6) is 0 Å². The molecule has 0 radical (unpaired) electrons. The summed E-state index contributed by atoms with van der Waals surface area (Å²) in [7, 11) is 0. The van der Waals surface area contributed by atoms with Gasteiger partial charge in [-0.05, 0) is 74.5 Å². The Balaban J connectivity index is 1.25. The minimum atomic E-state index is -0.120. The van der Waals surface area contributed by atoms with Crippen molar-refractivity contribution in [3.8, 4) is 0 Å². The van der Waals surface area contributed by atoms with Gasteiger partial charge < -0.3 is 10.3 Å². The van der Waals surface area contributed by atoms with Crippen LogP contribution in [0.3, 0.4) is 0 Å². The van der Waals surface area contributed by atoms with E-state index in [1.165, 1.54) is 17.7 Å². The number of carbonyl (C=O) groups excluding carboxylic acids is 1. The summed E-state index contributed by atoms with van der Waals surface area (Å²) in [6.07, 6.45) is 8.78. The Morgan fingerprint density at radius 1 is 1.03 bits per heavy atom. The molecule has 1 atom stereocenters.